The van der Waals surface area contributed by atoms with E-state index in [1.807, 2.05) is 6.08 Å². The van der Waals surface area contributed by atoms with Crippen molar-refractivity contribution in [1.82, 2.24) is 0 Å². The second-order valence-electron chi connectivity index (χ2n) is 2.18. The van der Waals surface area contributed by atoms with E-state index in [0.29, 0.717) is 0 Å². The van der Waals surface area contributed by atoms with Crippen LogP contribution in [0.1, 0.15) is 6.42 Å². The maximum atomic E-state index is 5.04. The minimum absolute atomic E-state index is 0.0210. The highest BCUT2D eigenvalue weighted by molar-refractivity contribution is 6.36. The van der Waals surface area contributed by atoms with Gasteiger partial charge in [-0.2, -0.15) is 0 Å². The quantitative estimate of drug-likeness (QED) is 0.252. The molecule has 3 heteroatoms. The molecule has 0 aromatic rings. The Labute approximate surface area is 71.4 Å². The summed E-state index contributed by atoms with van der Waals surface area (Å²) in [5.41, 5.74) is 0. The lowest BCUT2D eigenvalue weighted by Crippen LogP contribution is -2.13. The molecule has 0 heterocycles. The van der Waals surface area contributed by atoms with Gasteiger partial charge < -0.3 is 9.47 Å². The van der Waals surface area contributed by atoms with Gasteiger partial charge in [0.15, 0.2) is 6.29 Å². The van der Waals surface area contributed by atoms with E-state index in [2.05, 4.69) is 6.58 Å². The zero-order chi connectivity index (χ0) is 8.53. The highest BCUT2D eigenvalue weighted by Crippen LogP contribution is 2.02. The first kappa shape index (κ1) is 10.9. The van der Waals surface area contributed by atoms with Gasteiger partial charge in [0.05, 0.1) is 0 Å². The van der Waals surface area contributed by atoms with Crippen LogP contribution in [0.3, 0.4) is 0 Å². The van der Waals surface area contributed by atoms with Gasteiger partial charge in [0.25, 0.3) is 0 Å². The van der Waals surface area contributed by atoms with Crippen molar-refractivity contribution >= 4 is 9.52 Å². The molecule has 2 nitrogen and oxygen atoms in total. The summed E-state index contributed by atoms with van der Waals surface area (Å²) in [5, 5.41) is 0. The third-order valence-corrected chi connectivity index (χ3v) is 2.59. The summed E-state index contributed by atoms with van der Waals surface area (Å²) in [4.78, 5) is 0. The Morgan fingerprint density at radius 2 is 2.09 bits per heavy atom. The molecule has 0 aromatic heterocycles. The summed E-state index contributed by atoms with van der Waals surface area (Å²) in [6, 6.07) is 2.28. The van der Waals surface area contributed by atoms with Crippen molar-refractivity contribution in [3.05, 3.63) is 12.7 Å². The van der Waals surface area contributed by atoms with E-state index in [9.17, 15) is 0 Å². The Morgan fingerprint density at radius 3 is 2.55 bits per heavy atom. The van der Waals surface area contributed by atoms with Crippen LogP contribution in [0.15, 0.2) is 12.7 Å². The topological polar surface area (TPSA) is 18.5 Å². The van der Waals surface area contributed by atoms with Crippen molar-refractivity contribution in [2.24, 2.45) is 0 Å². The van der Waals surface area contributed by atoms with Crippen LogP contribution in [-0.2, 0) is 9.47 Å². The molecule has 0 saturated carbocycles. The molecule has 0 aliphatic rings. The van der Waals surface area contributed by atoms with Gasteiger partial charge in [-0.05, 0) is 12.5 Å². The van der Waals surface area contributed by atoms with Gasteiger partial charge in [-0.3, -0.25) is 0 Å². The Balaban J connectivity index is 3.13. The zero-order valence-corrected chi connectivity index (χ0v) is 8.30. The third kappa shape index (κ3) is 6.28. The van der Waals surface area contributed by atoms with Crippen molar-refractivity contribution in [3.8, 4) is 0 Å². The lowest BCUT2D eigenvalue weighted by Gasteiger charge is -2.11. The van der Waals surface area contributed by atoms with Gasteiger partial charge in [-0.1, -0.05) is 12.1 Å². The molecular weight excluding hydrogens is 156 g/mol. The van der Waals surface area contributed by atoms with E-state index < -0.39 is 0 Å². The molecule has 0 atom stereocenters. The fraction of sp³-hybridized carbons (Fsp3) is 0.750. The smallest absolute Gasteiger partial charge is 0.156 e. The maximum absolute atomic E-state index is 5.04. The van der Waals surface area contributed by atoms with Gasteiger partial charge in [0, 0.05) is 23.7 Å². The summed E-state index contributed by atoms with van der Waals surface area (Å²) < 4.78 is 10.1. The predicted molar refractivity (Wildman–Crippen MR) is 48.0 cm³/mol. The molecule has 0 fully saturated rings. The van der Waals surface area contributed by atoms with E-state index in [1.54, 1.807) is 14.2 Å². The Bertz CT molecular complexity index is 92.1. The van der Waals surface area contributed by atoms with Crippen molar-refractivity contribution in [2.75, 3.05) is 14.2 Å². The summed E-state index contributed by atoms with van der Waals surface area (Å²) in [6.07, 6.45) is 2.92. The molecular formula is C8H16O2Si. The minimum Gasteiger partial charge on any atom is -0.356 e. The second-order valence-corrected chi connectivity index (χ2v) is 3.59. The van der Waals surface area contributed by atoms with E-state index in [4.69, 9.17) is 9.47 Å². The van der Waals surface area contributed by atoms with E-state index >= 15 is 0 Å². The molecule has 0 N–H and O–H groups in total. The van der Waals surface area contributed by atoms with Crippen molar-refractivity contribution < 1.29 is 9.47 Å². The fourth-order valence-corrected chi connectivity index (χ4v) is 1.60. The Morgan fingerprint density at radius 1 is 1.45 bits per heavy atom. The van der Waals surface area contributed by atoms with Crippen LogP contribution in [0.4, 0.5) is 0 Å². The normalized spacial score (nSPS) is 10.5. The molecule has 0 amide bonds. The van der Waals surface area contributed by atoms with Gasteiger partial charge in [0.1, 0.15) is 0 Å². The number of hydrogen-bond acceptors (Lipinski definition) is 2. The first-order valence-corrected chi connectivity index (χ1v) is 5.13. The summed E-state index contributed by atoms with van der Waals surface area (Å²) in [7, 11) is 4.30. The van der Waals surface area contributed by atoms with E-state index in [1.165, 1.54) is 6.04 Å². The summed E-state index contributed by atoms with van der Waals surface area (Å²) >= 11 is 0. The first-order valence-electron chi connectivity index (χ1n) is 3.72. The first-order chi connectivity index (χ1) is 5.35. The number of allylic oxidation sites excluding steroid dienone is 1. The maximum Gasteiger partial charge on any atom is 0.156 e. The van der Waals surface area contributed by atoms with Crippen LogP contribution < -0.4 is 0 Å². The SMILES string of the molecule is C=CC[Si]CCC(OC)OC. The molecule has 0 saturated heterocycles. The average Bonchev–Trinajstić information content (AvgIpc) is 2.05. The van der Waals surface area contributed by atoms with Crippen LogP contribution in [0.5, 0.6) is 0 Å². The lowest BCUT2D eigenvalue weighted by molar-refractivity contribution is -0.103. The van der Waals surface area contributed by atoms with Gasteiger partial charge in [-0.15, -0.1) is 6.58 Å². The number of methoxy groups -OCH3 is 2. The van der Waals surface area contributed by atoms with Gasteiger partial charge in [0.2, 0.25) is 0 Å². The van der Waals surface area contributed by atoms with Crippen molar-refractivity contribution in [3.63, 3.8) is 0 Å². The zero-order valence-electron chi connectivity index (χ0n) is 7.30. The molecule has 64 valence electrons. The van der Waals surface area contributed by atoms with Gasteiger partial charge >= 0.3 is 0 Å². The van der Waals surface area contributed by atoms with Crippen LogP contribution in [0.25, 0.3) is 0 Å². The molecule has 0 aliphatic carbocycles. The second kappa shape index (κ2) is 7.98. The minimum atomic E-state index is -0.0210. The number of ether oxygens (including phenoxy) is 2. The van der Waals surface area contributed by atoms with Crippen LogP contribution in [-0.4, -0.2) is 30.0 Å². The van der Waals surface area contributed by atoms with E-state index in [-0.39, 0.29) is 6.29 Å². The Kier molecular flexibility index (Phi) is 7.89. The van der Waals surface area contributed by atoms with Crippen LogP contribution >= 0.6 is 0 Å². The van der Waals surface area contributed by atoms with E-state index in [0.717, 1.165) is 22.0 Å². The van der Waals surface area contributed by atoms with Crippen LogP contribution in [0.2, 0.25) is 12.1 Å². The summed E-state index contributed by atoms with van der Waals surface area (Å²) in [6.45, 7) is 3.66. The van der Waals surface area contributed by atoms with Gasteiger partial charge in [-0.25, -0.2) is 0 Å². The molecule has 0 aliphatic heterocycles. The molecule has 0 aromatic carbocycles. The largest absolute Gasteiger partial charge is 0.356 e. The van der Waals surface area contributed by atoms with Crippen LogP contribution in [0, 0.1) is 0 Å². The highest BCUT2D eigenvalue weighted by atomic mass is 28.2. The summed E-state index contributed by atoms with van der Waals surface area (Å²) in [5.74, 6) is 0. The highest BCUT2D eigenvalue weighted by Gasteiger charge is 2.02. The van der Waals surface area contributed by atoms with Crippen molar-refractivity contribution in [2.45, 2.75) is 24.8 Å². The average molecular weight is 172 g/mol. The fourth-order valence-electron chi connectivity index (χ4n) is 0.756. The molecule has 0 rings (SSSR count). The van der Waals surface area contributed by atoms with Crippen molar-refractivity contribution in [1.29, 1.82) is 0 Å². The number of hydrogen-bond donors (Lipinski definition) is 0. The Hall–Kier alpha value is -0.123. The third-order valence-electron chi connectivity index (χ3n) is 1.37. The lowest BCUT2D eigenvalue weighted by atomic mass is 10.5. The molecule has 0 unspecified atom stereocenters. The molecule has 0 spiro atoms. The predicted octanol–water partition coefficient (Wildman–Crippen LogP) is 1.72. The number of rotatable bonds is 7. The molecule has 2 radical (unpaired) electrons. The molecule has 0 bridgehead atoms. The molecule has 11 heavy (non-hydrogen) atoms. The standard InChI is InChI=1S/C8H16O2Si/c1-4-6-11-7-5-8(9-2)10-3/h4,8H,1,5-7H2,2-3H3. The monoisotopic (exact) mass is 172 g/mol.